The van der Waals surface area contributed by atoms with Crippen LogP contribution >= 0.6 is 0 Å². The molecule has 3 rings (SSSR count). The number of piperidine rings is 1. The molecule has 1 atom stereocenters. The van der Waals surface area contributed by atoms with Crippen molar-refractivity contribution in [2.75, 3.05) is 33.2 Å². The Kier molecular flexibility index (Phi) is 7.40. The summed E-state index contributed by atoms with van der Waals surface area (Å²) in [5.41, 5.74) is 0.508. The summed E-state index contributed by atoms with van der Waals surface area (Å²) in [6.07, 6.45) is 2.32. The Labute approximate surface area is 183 Å². The average molecular weight is 449 g/mol. The zero-order valence-corrected chi connectivity index (χ0v) is 18.8. The van der Waals surface area contributed by atoms with Crippen LogP contribution in [-0.2, 0) is 14.8 Å². The summed E-state index contributed by atoms with van der Waals surface area (Å²) in [6.45, 7) is 0.387. The van der Waals surface area contributed by atoms with Gasteiger partial charge in [-0.1, -0.05) is 6.42 Å². The zero-order valence-electron chi connectivity index (χ0n) is 18.0. The van der Waals surface area contributed by atoms with Crippen molar-refractivity contribution < 1.29 is 27.4 Å². The summed E-state index contributed by atoms with van der Waals surface area (Å²) < 4.78 is 43.5. The second-order valence-corrected chi connectivity index (χ2v) is 9.15. The molecular weight excluding hydrogens is 420 g/mol. The van der Waals surface area contributed by atoms with Gasteiger partial charge in [0.25, 0.3) is 0 Å². The number of hydrogen-bond donors (Lipinski definition) is 1. The maximum Gasteiger partial charge on any atom is 0.243 e. The third-order valence-electron chi connectivity index (χ3n) is 5.34. The van der Waals surface area contributed by atoms with Crippen molar-refractivity contribution in [3.63, 3.8) is 0 Å². The number of hydrogen-bond acceptors (Lipinski definition) is 6. The summed E-state index contributed by atoms with van der Waals surface area (Å²) in [5.74, 6) is 1.39. The first-order chi connectivity index (χ1) is 14.9. The fourth-order valence-corrected chi connectivity index (χ4v) is 5.39. The van der Waals surface area contributed by atoms with Crippen molar-refractivity contribution in [2.24, 2.45) is 0 Å². The lowest BCUT2D eigenvalue weighted by Crippen LogP contribution is -2.45. The minimum Gasteiger partial charge on any atom is -0.497 e. The van der Waals surface area contributed by atoms with Gasteiger partial charge in [0.1, 0.15) is 17.2 Å². The van der Waals surface area contributed by atoms with Crippen molar-refractivity contribution in [2.45, 2.75) is 36.6 Å². The lowest BCUT2D eigenvalue weighted by molar-refractivity contribution is -0.117. The van der Waals surface area contributed by atoms with Crippen LogP contribution in [0.3, 0.4) is 0 Å². The summed E-state index contributed by atoms with van der Waals surface area (Å²) in [7, 11) is 0.867. The molecule has 9 heteroatoms. The Morgan fingerprint density at radius 2 is 1.68 bits per heavy atom. The molecule has 1 amide bonds. The third kappa shape index (κ3) is 5.29. The van der Waals surface area contributed by atoms with E-state index < -0.39 is 16.1 Å². The first kappa shape index (κ1) is 22.9. The number of sulfonamides is 1. The highest BCUT2D eigenvalue weighted by atomic mass is 32.2. The van der Waals surface area contributed by atoms with Crippen LogP contribution < -0.4 is 19.5 Å². The molecule has 0 spiro atoms. The summed E-state index contributed by atoms with van der Waals surface area (Å²) in [4.78, 5) is 13.0. The second kappa shape index (κ2) is 10.0. The number of carbonyl (C=O) groups excluding carboxylic acids is 1. The molecule has 8 nitrogen and oxygen atoms in total. The third-order valence-corrected chi connectivity index (χ3v) is 7.31. The van der Waals surface area contributed by atoms with E-state index in [0.29, 0.717) is 35.9 Å². The molecule has 1 N–H and O–H groups in total. The number of amides is 1. The lowest BCUT2D eigenvalue weighted by atomic mass is 10.0. The van der Waals surface area contributed by atoms with Crippen LogP contribution in [0.25, 0.3) is 0 Å². The van der Waals surface area contributed by atoms with Crippen molar-refractivity contribution in [1.29, 1.82) is 0 Å². The van der Waals surface area contributed by atoms with Gasteiger partial charge in [-0.3, -0.25) is 4.79 Å². The van der Waals surface area contributed by atoms with Crippen LogP contribution in [-0.4, -0.2) is 52.5 Å². The molecule has 1 aliphatic heterocycles. The number of benzene rings is 2. The summed E-state index contributed by atoms with van der Waals surface area (Å²) >= 11 is 0. The van der Waals surface area contributed by atoms with E-state index in [4.69, 9.17) is 14.2 Å². The van der Waals surface area contributed by atoms with Crippen LogP contribution in [0.1, 0.15) is 25.7 Å². The topological polar surface area (TPSA) is 94.2 Å². The van der Waals surface area contributed by atoms with Gasteiger partial charge in [0.2, 0.25) is 15.9 Å². The molecule has 168 valence electrons. The zero-order chi connectivity index (χ0) is 22.4. The molecule has 0 aliphatic carbocycles. The van der Waals surface area contributed by atoms with E-state index in [1.165, 1.54) is 30.7 Å². The minimum absolute atomic E-state index is 0.0601. The SMILES string of the molecule is COc1ccc(S(=O)(=O)N2CCCC[C@@H]2CC(=O)Nc2ccc(OC)cc2OC)cc1. The fraction of sp³-hybridized carbons (Fsp3) is 0.409. The number of ether oxygens (including phenoxy) is 3. The maximum atomic E-state index is 13.2. The first-order valence-electron chi connectivity index (χ1n) is 10.1. The van der Waals surface area contributed by atoms with Crippen molar-refractivity contribution in [3.05, 3.63) is 42.5 Å². The minimum atomic E-state index is -3.72. The van der Waals surface area contributed by atoms with E-state index in [1.54, 1.807) is 37.4 Å². The van der Waals surface area contributed by atoms with Gasteiger partial charge in [-0.25, -0.2) is 8.42 Å². The van der Waals surface area contributed by atoms with Gasteiger partial charge in [0.05, 0.1) is 31.9 Å². The normalized spacial score (nSPS) is 17.1. The molecule has 0 bridgehead atoms. The highest BCUT2D eigenvalue weighted by Gasteiger charge is 2.34. The quantitative estimate of drug-likeness (QED) is 0.666. The molecule has 2 aromatic rings. The molecule has 1 saturated heterocycles. The summed E-state index contributed by atoms with van der Waals surface area (Å²) in [6, 6.07) is 11.0. The van der Waals surface area contributed by atoms with Crippen molar-refractivity contribution >= 4 is 21.6 Å². The summed E-state index contributed by atoms with van der Waals surface area (Å²) in [5, 5.41) is 2.83. The molecular formula is C22H28N2O6S. The highest BCUT2D eigenvalue weighted by molar-refractivity contribution is 7.89. The molecule has 31 heavy (non-hydrogen) atoms. The van der Waals surface area contributed by atoms with Crippen molar-refractivity contribution in [1.82, 2.24) is 4.31 Å². The van der Waals surface area contributed by atoms with Gasteiger partial charge in [0, 0.05) is 25.1 Å². The van der Waals surface area contributed by atoms with E-state index in [-0.39, 0.29) is 17.2 Å². The molecule has 0 saturated carbocycles. The molecule has 0 unspecified atom stereocenters. The molecule has 1 fully saturated rings. The van der Waals surface area contributed by atoms with E-state index >= 15 is 0 Å². The largest absolute Gasteiger partial charge is 0.497 e. The van der Waals surface area contributed by atoms with Crippen molar-refractivity contribution in [3.8, 4) is 17.2 Å². The smallest absolute Gasteiger partial charge is 0.243 e. The molecule has 0 aromatic heterocycles. The highest BCUT2D eigenvalue weighted by Crippen LogP contribution is 2.31. The van der Waals surface area contributed by atoms with Gasteiger partial charge in [-0.2, -0.15) is 4.31 Å². The van der Waals surface area contributed by atoms with Crippen LogP contribution in [0.2, 0.25) is 0 Å². The predicted molar refractivity (Wildman–Crippen MR) is 117 cm³/mol. The predicted octanol–water partition coefficient (Wildman–Crippen LogP) is 3.28. The average Bonchev–Trinajstić information content (AvgIpc) is 2.79. The monoisotopic (exact) mass is 448 g/mol. The maximum absolute atomic E-state index is 13.2. The van der Waals surface area contributed by atoms with Gasteiger partial charge in [-0.15, -0.1) is 0 Å². The van der Waals surface area contributed by atoms with Crippen LogP contribution in [0.4, 0.5) is 5.69 Å². The Bertz CT molecular complexity index is 1010. The lowest BCUT2D eigenvalue weighted by Gasteiger charge is -2.34. The number of methoxy groups -OCH3 is 3. The van der Waals surface area contributed by atoms with Crippen LogP contribution in [0.5, 0.6) is 17.2 Å². The molecule has 1 heterocycles. The Balaban J connectivity index is 1.75. The van der Waals surface area contributed by atoms with Gasteiger partial charge >= 0.3 is 0 Å². The molecule has 1 aliphatic rings. The number of nitrogens with zero attached hydrogens (tertiary/aromatic N) is 1. The standard InChI is InChI=1S/C22H28N2O6S/c1-28-17-7-10-19(11-8-17)31(26,27)24-13-5-4-6-16(24)14-22(25)23-20-12-9-18(29-2)15-21(20)30-3/h7-12,15-16H,4-6,13-14H2,1-3H3,(H,23,25)/t16-/m1/s1. The van der Waals surface area contributed by atoms with E-state index in [2.05, 4.69) is 5.32 Å². The first-order valence-corrected chi connectivity index (χ1v) is 11.5. The van der Waals surface area contributed by atoms with Gasteiger partial charge in [-0.05, 0) is 49.2 Å². The Morgan fingerprint density at radius 1 is 1.00 bits per heavy atom. The van der Waals surface area contributed by atoms with Crippen LogP contribution in [0, 0.1) is 0 Å². The Morgan fingerprint density at radius 3 is 2.32 bits per heavy atom. The van der Waals surface area contributed by atoms with E-state index in [0.717, 1.165) is 12.8 Å². The van der Waals surface area contributed by atoms with E-state index in [1.807, 2.05) is 0 Å². The van der Waals surface area contributed by atoms with Crippen LogP contribution in [0.15, 0.2) is 47.4 Å². The second-order valence-electron chi connectivity index (χ2n) is 7.26. The number of carbonyl (C=O) groups is 1. The number of rotatable bonds is 8. The Hall–Kier alpha value is -2.78. The van der Waals surface area contributed by atoms with Gasteiger partial charge in [0.15, 0.2) is 0 Å². The van der Waals surface area contributed by atoms with Gasteiger partial charge < -0.3 is 19.5 Å². The van der Waals surface area contributed by atoms with E-state index in [9.17, 15) is 13.2 Å². The molecule has 2 aromatic carbocycles. The number of nitrogens with one attached hydrogen (secondary N) is 1. The number of anilines is 1. The fourth-order valence-electron chi connectivity index (χ4n) is 3.69. The molecule has 0 radical (unpaired) electrons.